The second-order valence-corrected chi connectivity index (χ2v) is 5.53. The molecule has 0 amide bonds. The van der Waals surface area contributed by atoms with E-state index in [2.05, 4.69) is 20.4 Å². The van der Waals surface area contributed by atoms with Crippen molar-refractivity contribution in [2.45, 2.75) is 47.2 Å². The molecule has 2 aromatic heterocycles. The van der Waals surface area contributed by atoms with Crippen LogP contribution in [0.1, 0.15) is 47.0 Å². The van der Waals surface area contributed by atoms with Gasteiger partial charge in [-0.15, -0.1) is 0 Å². The molecule has 0 saturated heterocycles. The molecule has 0 radical (unpaired) electrons. The van der Waals surface area contributed by atoms with Crippen LogP contribution in [0.4, 0.5) is 0 Å². The van der Waals surface area contributed by atoms with Crippen LogP contribution in [-0.2, 0) is 13.6 Å². The summed E-state index contributed by atoms with van der Waals surface area (Å²) in [4.78, 5) is 19.2. The number of hydrogen-bond acceptors (Lipinski definition) is 4. The van der Waals surface area contributed by atoms with Crippen LogP contribution in [0, 0.1) is 27.7 Å². The molecule has 21 heavy (non-hydrogen) atoms. The Morgan fingerprint density at radius 1 is 1.24 bits per heavy atom. The van der Waals surface area contributed by atoms with Crippen LogP contribution in [-0.4, -0.2) is 19.7 Å². The quantitative estimate of drug-likeness (QED) is 0.896. The van der Waals surface area contributed by atoms with Crippen LogP contribution >= 0.6 is 0 Å². The van der Waals surface area contributed by atoms with Gasteiger partial charge in [-0.3, -0.25) is 9.48 Å². The summed E-state index contributed by atoms with van der Waals surface area (Å²) in [5, 5.41) is 7.80. The highest BCUT2D eigenvalue weighted by atomic mass is 16.1. The topological polar surface area (TPSA) is 75.6 Å². The Kier molecular flexibility index (Phi) is 4.27. The molecule has 0 spiro atoms. The van der Waals surface area contributed by atoms with Gasteiger partial charge in [0.1, 0.15) is 5.82 Å². The van der Waals surface area contributed by atoms with E-state index in [9.17, 15) is 4.79 Å². The molecule has 0 aromatic carbocycles. The molecule has 1 atom stereocenters. The molecule has 0 fully saturated rings. The first-order valence-corrected chi connectivity index (χ1v) is 7.11. The van der Waals surface area contributed by atoms with Crippen LogP contribution in [0.5, 0.6) is 0 Å². The average molecular weight is 289 g/mol. The van der Waals surface area contributed by atoms with E-state index < -0.39 is 0 Å². The summed E-state index contributed by atoms with van der Waals surface area (Å²) in [5.74, 6) is 0.646. The van der Waals surface area contributed by atoms with Gasteiger partial charge < -0.3 is 10.3 Å². The Hall–Kier alpha value is -1.95. The third kappa shape index (κ3) is 3.05. The largest absolute Gasteiger partial charge is 0.310 e. The number of hydrogen-bond donors (Lipinski definition) is 2. The lowest BCUT2D eigenvalue weighted by molar-refractivity contribution is 0.559. The first-order valence-electron chi connectivity index (χ1n) is 7.11. The SMILES string of the molecule is Cc1nc(C)c(C(C)NCc2c(C)nn(C)c2C)c(=O)[nH]1. The van der Waals surface area contributed by atoms with Gasteiger partial charge in [0.25, 0.3) is 5.56 Å². The molecular weight excluding hydrogens is 266 g/mol. The summed E-state index contributed by atoms with van der Waals surface area (Å²) in [6.07, 6.45) is 0. The summed E-state index contributed by atoms with van der Waals surface area (Å²) >= 11 is 0. The maximum absolute atomic E-state index is 12.1. The monoisotopic (exact) mass is 289 g/mol. The Balaban J connectivity index is 2.19. The molecule has 2 aromatic rings. The first kappa shape index (κ1) is 15.4. The highest BCUT2D eigenvalue weighted by molar-refractivity contribution is 5.25. The van der Waals surface area contributed by atoms with Crippen molar-refractivity contribution in [3.8, 4) is 0 Å². The van der Waals surface area contributed by atoms with E-state index in [0.29, 0.717) is 17.9 Å². The van der Waals surface area contributed by atoms with E-state index in [-0.39, 0.29) is 11.6 Å². The second-order valence-electron chi connectivity index (χ2n) is 5.53. The zero-order valence-electron chi connectivity index (χ0n) is 13.5. The molecule has 0 saturated carbocycles. The van der Waals surface area contributed by atoms with Crippen LogP contribution < -0.4 is 10.9 Å². The number of aryl methyl sites for hydroxylation is 4. The molecule has 0 aliphatic heterocycles. The van der Waals surface area contributed by atoms with E-state index in [1.54, 1.807) is 6.92 Å². The van der Waals surface area contributed by atoms with Crippen LogP contribution in [0.3, 0.4) is 0 Å². The molecule has 6 heteroatoms. The van der Waals surface area contributed by atoms with Gasteiger partial charge in [-0.25, -0.2) is 4.98 Å². The average Bonchev–Trinajstić information content (AvgIpc) is 2.60. The van der Waals surface area contributed by atoms with Gasteiger partial charge in [0.05, 0.1) is 11.3 Å². The van der Waals surface area contributed by atoms with E-state index >= 15 is 0 Å². The predicted molar refractivity (Wildman–Crippen MR) is 82.3 cm³/mol. The lowest BCUT2D eigenvalue weighted by Crippen LogP contribution is -2.28. The van der Waals surface area contributed by atoms with E-state index in [0.717, 1.165) is 17.1 Å². The summed E-state index contributed by atoms with van der Waals surface area (Å²) in [5.41, 5.74) is 4.73. The highest BCUT2D eigenvalue weighted by Crippen LogP contribution is 2.15. The maximum Gasteiger partial charge on any atom is 0.255 e. The van der Waals surface area contributed by atoms with Crippen molar-refractivity contribution in [2.75, 3.05) is 0 Å². The van der Waals surface area contributed by atoms with Crippen molar-refractivity contribution in [1.29, 1.82) is 0 Å². The fraction of sp³-hybridized carbons (Fsp3) is 0.533. The fourth-order valence-electron chi connectivity index (χ4n) is 2.68. The fourth-order valence-corrected chi connectivity index (χ4v) is 2.68. The Morgan fingerprint density at radius 3 is 2.43 bits per heavy atom. The minimum Gasteiger partial charge on any atom is -0.310 e. The lowest BCUT2D eigenvalue weighted by atomic mass is 10.1. The smallest absolute Gasteiger partial charge is 0.255 e. The van der Waals surface area contributed by atoms with Gasteiger partial charge in [-0.05, 0) is 34.6 Å². The second kappa shape index (κ2) is 5.81. The number of aromatic amines is 1. The number of rotatable bonds is 4. The van der Waals surface area contributed by atoms with Crippen molar-refractivity contribution in [2.24, 2.45) is 7.05 Å². The molecule has 2 N–H and O–H groups in total. The Labute approximate surface area is 124 Å². The van der Waals surface area contributed by atoms with Gasteiger partial charge in [-0.1, -0.05) is 0 Å². The molecule has 0 bridgehead atoms. The standard InChI is InChI=1S/C15H23N5O/c1-8-13(11(4)20(6)19-8)7-16-9(2)14-10(3)17-12(5)18-15(14)21/h9,16H,7H2,1-6H3,(H,17,18,21). The maximum atomic E-state index is 12.1. The summed E-state index contributed by atoms with van der Waals surface area (Å²) < 4.78 is 1.88. The predicted octanol–water partition coefficient (Wildman–Crippen LogP) is 1.59. The molecule has 0 aliphatic rings. The minimum absolute atomic E-state index is 0.0687. The third-order valence-corrected chi connectivity index (χ3v) is 3.94. The molecule has 2 heterocycles. The third-order valence-electron chi connectivity index (χ3n) is 3.94. The van der Waals surface area contributed by atoms with Crippen LogP contribution in [0.15, 0.2) is 4.79 Å². The summed E-state index contributed by atoms with van der Waals surface area (Å²) in [7, 11) is 1.94. The van der Waals surface area contributed by atoms with Gasteiger partial charge >= 0.3 is 0 Å². The zero-order chi connectivity index (χ0) is 15.7. The van der Waals surface area contributed by atoms with E-state index in [1.807, 2.05) is 39.4 Å². The molecule has 1 unspecified atom stereocenters. The van der Waals surface area contributed by atoms with Gasteiger partial charge in [-0.2, -0.15) is 5.10 Å². The molecule has 6 nitrogen and oxygen atoms in total. The number of H-pyrrole nitrogens is 1. The van der Waals surface area contributed by atoms with Crippen molar-refractivity contribution in [1.82, 2.24) is 25.1 Å². The Bertz CT molecular complexity index is 714. The Morgan fingerprint density at radius 2 is 1.90 bits per heavy atom. The van der Waals surface area contributed by atoms with Crippen molar-refractivity contribution in [3.63, 3.8) is 0 Å². The molecule has 0 aliphatic carbocycles. The number of nitrogens with one attached hydrogen (secondary N) is 2. The summed E-state index contributed by atoms with van der Waals surface area (Å²) in [6.45, 7) is 10.4. The van der Waals surface area contributed by atoms with Crippen LogP contribution in [0.25, 0.3) is 0 Å². The van der Waals surface area contributed by atoms with Crippen LogP contribution in [0.2, 0.25) is 0 Å². The normalized spacial score (nSPS) is 12.7. The van der Waals surface area contributed by atoms with E-state index in [1.165, 1.54) is 5.56 Å². The molecular formula is C15H23N5O. The minimum atomic E-state index is -0.0698. The first-order chi connectivity index (χ1) is 9.81. The van der Waals surface area contributed by atoms with E-state index in [4.69, 9.17) is 0 Å². The number of aromatic nitrogens is 4. The molecule has 114 valence electrons. The number of nitrogens with zero attached hydrogens (tertiary/aromatic N) is 3. The lowest BCUT2D eigenvalue weighted by Gasteiger charge is -2.15. The van der Waals surface area contributed by atoms with Gasteiger partial charge in [0.15, 0.2) is 0 Å². The summed E-state index contributed by atoms with van der Waals surface area (Å²) in [6, 6.07) is -0.0687. The van der Waals surface area contributed by atoms with Gasteiger partial charge in [0, 0.05) is 36.6 Å². The zero-order valence-corrected chi connectivity index (χ0v) is 13.5. The van der Waals surface area contributed by atoms with Crippen molar-refractivity contribution < 1.29 is 0 Å². The highest BCUT2D eigenvalue weighted by Gasteiger charge is 2.16. The van der Waals surface area contributed by atoms with Gasteiger partial charge in [0.2, 0.25) is 0 Å². The molecule has 2 rings (SSSR count). The van der Waals surface area contributed by atoms with Crippen molar-refractivity contribution >= 4 is 0 Å². The van der Waals surface area contributed by atoms with Crippen molar-refractivity contribution in [3.05, 3.63) is 44.4 Å².